The number of nitrogens with zero attached hydrogens (tertiary/aromatic N) is 1. The van der Waals surface area contributed by atoms with Gasteiger partial charge in [0.1, 0.15) is 0 Å². The van der Waals surface area contributed by atoms with Gasteiger partial charge >= 0.3 is 5.00 Å². The highest BCUT2D eigenvalue weighted by atomic mass is 79.9. The quantitative estimate of drug-likeness (QED) is 0.588. The summed E-state index contributed by atoms with van der Waals surface area (Å²) in [6.07, 6.45) is 0. The van der Waals surface area contributed by atoms with Gasteiger partial charge in [-0.3, -0.25) is 10.1 Å². The minimum absolute atomic E-state index is 0.184. The van der Waals surface area contributed by atoms with Crippen LogP contribution in [0.4, 0.5) is 5.00 Å². The molecule has 1 aromatic rings. The minimum atomic E-state index is -0.379. The summed E-state index contributed by atoms with van der Waals surface area (Å²) in [6, 6.07) is 0. The van der Waals surface area contributed by atoms with Crippen LogP contribution in [0.2, 0.25) is 0 Å². The van der Waals surface area contributed by atoms with Crippen molar-refractivity contribution in [2.75, 3.05) is 0 Å². The number of hydrogen-bond donors (Lipinski definition) is 0. The lowest BCUT2D eigenvalue weighted by Crippen LogP contribution is -1.85. The third-order valence-electron chi connectivity index (χ3n) is 1.17. The molecule has 6 heteroatoms. The molecule has 0 spiro atoms. The normalized spacial score (nSPS) is 10.1. The summed E-state index contributed by atoms with van der Waals surface area (Å²) < 4.78 is 1.54. The van der Waals surface area contributed by atoms with Gasteiger partial charge in [-0.15, -0.1) is 0 Å². The first-order valence-corrected chi connectivity index (χ1v) is 5.03. The second-order valence-corrected chi connectivity index (χ2v) is 4.99. The first kappa shape index (κ1) is 9.15. The van der Waals surface area contributed by atoms with E-state index in [0.717, 1.165) is 19.6 Å². The van der Waals surface area contributed by atoms with Crippen LogP contribution in [-0.2, 0) is 0 Å². The van der Waals surface area contributed by atoms with Crippen LogP contribution in [-0.4, -0.2) is 4.92 Å². The van der Waals surface area contributed by atoms with Crippen molar-refractivity contribution in [2.45, 2.75) is 6.92 Å². The Bertz CT molecular complexity index is 310. The van der Waals surface area contributed by atoms with E-state index in [2.05, 4.69) is 31.9 Å². The van der Waals surface area contributed by atoms with E-state index in [1.54, 1.807) is 6.92 Å². The first-order chi connectivity index (χ1) is 5.04. The average molecular weight is 301 g/mol. The van der Waals surface area contributed by atoms with Gasteiger partial charge in [0, 0.05) is 0 Å². The van der Waals surface area contributed by atoms with Crippen LogP contribution >= 0.6 is 43.2 Å². The lowest BCUT2D eigenvalue weighted by atomic mass is 10.4. The molecule has 0 aliphatic heterocycles. The maximum atomic E-state index is 10.4. The Morgan fingerprint density at radius 1 is 1.55 bits per heavy atom. The van der Waals surface area contributed by atoms with Crippen molar-refractivity contribution in [1.29, 1.82) is 0 Å². The van der Waals surface area contributed by atoms with Gasteiger partial charge in [0.15, 0.2) is 0 Å². The largest absolute Gasteiger partial charge is 0.329 e. The van der Waals surface area contributed by atoms with Gasteiger partial charge < -0.3 is 0 Å². The lowest BCUT2D eigenvalue weighted by molar-refractivity contribution is -0.380. The Labute approximate surface area is 83.8 Å². The van der Waals surface area contributed by atoms with E-state index in [1.807, 2.05) is 0 Å². The van der Waals surface area contributed by atoms with Crippen molar-refractivity contribution >= 4 is 48.2 Å². The molecule has 1 heterocycles. The maximum absolute atomic E-state index is 10.4. The molecule has 0 bridgehead atoms. The maximum Gasteiger partial charge on any atom is 0.329 e. The SMILES string of the molecule is Cc1c([N+](=O)[O-])sc(Br)c1Br. The molecule has 1 rings (SSSR count). The number of nitro groups is 1. The van der Waals surface area contributed by atoms with Crippen molar-refractivity contribution in [3.8, 4) is 0 Å². The smallest absolute Gasteiger partial charge is 0.258 e. The molecule has 3 nitrogen and oxygen atoms in total. The molecule has 0 aromatic carbocycles. The van der Waals surface area contributed by atoms with Gasteiger partial charge in [0.05, 0.1) is 18.7 Å². The zero-order valence-electron chi connectivity index (χ0n) is 5.43. The molecule has 0 atom stereocenters. The zero-order chi connectivity index (χ0) is 8.59. The summed E-state index contributed by atoms with van der Waals surface area (Å²) >= 11 is 7.55. The highest BCUT2D eigenvalue weighted by Crippen LogP contribution is 2.41. The molecular formula is C5H3Br2NO2S. The molecule has 60 valence electrons. The van der Waals surface area contributed by atoms with E-state index in [9.17, 15) is 10.1 Å². The predicted molar refractivity (Wildman–Crippen MR) is 51.1 cm³/mol. The second kappa shape index (κ2) is 3.20. The minimum Gasteiger partial charge on any atom is -0.258 e. The third kappa shape index (κ3) is 1.62. The van der Waals surface area contributed by atoms with Gasteiger partial charge in [0.25, 0.3) is 0 Å². The Balaban J connectivity index is 3.29. The summed E-state index contributed by atoms with van der Waals surface area (Å²) in [5.74, 6) is 0. The van der Waals surface area contributed by atoms with Gasteiger partial charge in [-0.1, -0.05) is 11.3 Å². The topological polar surface area (TPSA) is 43.1 Å². The molecule has 0 saturated carbocycles. The molecule has 0 radical (unpaired) electrons. The van der Waals surface area contributed by atoms with Crippen molar-refractivity contribution < 1.29 is 4.92 Å². The fraction of sp³-hybridized carbons (Fsp3) is 0.200. The van der Waals surface area contributed by atoms with Crippen LogP contribution in [0.15, 0.2) is 8.26 Å². The lowest BCUT2D eigenvalue weighted by Gasteiger charge is -1.85. The first-order valence-electron chi connectivity index (χ1n) is 2.62. The highest BCUT2D eigenvalue weighted by molar-refractivity contribution is 9.13. The fourth-order valence-electron chi connectivity index (χ4n) is 0.622. The van der Waals surface area contributed by atoms with Crippen molar-refractivity contribution in [1.82, 2.24) is 0 Å². The molecule has 11 heavy (non-hydrogen) atoms. The fourth-order valence-corrected chi connectivity index (χ4v) is 2.68. The number of hydrogen-bond acceptors (Lipinski definition) is 3. The molecule has 0 aliphatic rings. The second-order valence-electron chi connectivity index (χ2n) is 1.88. The summed E-state index contributed by atoms with van der Waals surface area (Å²) in [7, 11) is 0. The van der Waals surface area contributed by atoms with Crippen LogP contribution in [0.1, 0.15) is 5.56 Å². The van der Waals surface area contributed by atoms with Gasteiger partial charge in [-0.25, -0.2) is 0 Å². The van der Waals surface area contributed by atoms with Crippen LogP contribution in [0.25, 0.3) is 0 Å². The van der Waals surface area contributed by atoms with Crippen molar-refractivity contribution in [3.63, 3.8) is 0 Å². The third-order valence-corrected chi connectivity index (χ3v) is 4.87. The highest BCUT2D eigenvalue weighted by Gasteiger charge is 2.19. The van der Waals surface area contributed by atoms with Crippen LogP contribution < -0.4 is 0 Å². The van der Waals surface area contributed by atoms with E-state index >= 15 is 0 Å². The average Bonchev–Trinajstić information content (AvgIpc) is 2.17. The molecule has 0 fully saturated rings. The Morgan fingerprint density at radius 2 is 2.09 bits per heavy atom. The van der Waals surface area contributed by atoms with Crippen molar-refractivity contribution in [3.05, 3.63) is 23.9 Å². The molecule has 0 unspecified atom stereocenters. The van der Waals surface area contributed by atoms with Gasteiger partial charge in [-0.05, 0) is 38.8 Å². The van der Waals surface area contributed by atoms with E-state index in [4.69, 9.17) is 0 Å². The molecule has 0 N–H and O–H groups in total. The van der Waals surface area contributed by atoms with Crippen LogP contribution in [0.3, 0.4) is 0 Å². The summed E-state index contributed by atoms with van der Waals surface area (Å²) in [5.41, 5.74) is 0.673. The van der Waals surface area contributed by atoms with E-state index in [1.165, 1.54) is 0 Å². The summed E-state index contributed by atoms with van der Waals surface area (Å²) in [5, 5.41) is 10.5. The number of thiophene rings is 1. The number of halogens is 2. The molecule has 0 aliphatic carbocycles. The standard InChI is InChI=1S/C5H3Br2NO2S/c1-2-3(6)4(7)11-5(2)8(9)10/h1H3. The Morgan fingerprint density at radius 3 is 2.27 bits per heavy atom. The molecule has 0 amide bonds. The van der Waals surface area contributed by atoms with Crippen LogP contribution in [0, 0.1) is 17.0 Å². The van der Waals surface area contributed by atoms with E-state index < -0.39 is 0 Å². The van der Waals surface area contributed by atoms with Crippen molar-refractivity contribution in [2.24, 2.45) is 0 Å². The van der Waals surface area contributed by atoms with Gasteiger partial charge in [0.2, 0.25) is 0 Å². The summed E-state index contributed by atoms with van der Waals surface area (Å²) in [4.78, 5) is 9.98. The number of rotatable bonds is 1. The van der Waals surface area contributed by atoms with E-state index in [-0.39, 0.29) is 9.92 Å². The molecule has 0 saturated heterocycles. The van der Waals surface area contributed by atoms with Gasteiger partial charge in [-0.2, -0.15) is 0 Å². The summed E-state index contributed by atoms with van der Waals surface area (Å²) in [6.45, 7) is 1.71. The Kier molecular flexibility index (Phi) is 2.66. The molecular weight excluding hydrogens is 298 g/mol. The van der Waals surface area contributed by atoms with Crippen LogP contribution in [0.5, 0.6) is 0 Å². The van der Waals surface area contributed by atoms with E-state index in [0.29, 0.717) is 5.56 Å². The predicted octanol–water partition coefficient (Wildman–Crippen LogP) is 3.49. The Hall–Kier alpha value is 0.0600. The molecule has 1 aromatic heterocycles. The zero-order valence-corrected chi connectivity index (χ0v) is 9.42. The monoisotopic (exact) mass is 299 g/mol.